The number of amides is 2. The van der Waals surface area contributed by atoms with Crippen molar-refractivity contribution in [3.05, 3.63) is 46.7 Å². The number of carbonyl (C=O) groups excluding carboxylic acids is 1. The van der Waals surface area contributed by atoms with E-state index in [1.54, 1.807) is 11.3 Å². The molecule has 1 saturated heterocycles. The molecule has 152 valence electrons. The summed E-state index contributed by atoms with van der Waals surface area (Å²) in [5, 5.41) is 8.34. The van der Waals surface area contributed by atoms with E-state index >= 15 is 0 Å². The van der Waals surface area contributed by atoms with Gasteiger partial charge in [-0.05, 0) is 35.5 Å². The lowest BCUT2D eigenvalue weighted by Gasteiger charge is -2.36. The van der Waals surface area contributed by atoms with Gasteiger partial charge in [0, 0.05) is 31.1 Å². The van der Waals surface area contributed by atoms with Gasteiger partial charge in [0.15, 0.2) is 0 Å². The second kappa shape index (κ2) is 8.97. The van der Waals surface area contributed by atoms with Gasteiger partial charge in [0.2, 0.25) is 0 Å². The molecule has 1 aliphatic heterocycles. The Labute approximate surface area is 172 Å². The molecule has 0 aliphatic carbocycles. The van der Waals surface area contributed by atoms with Gasteiger partial charge in [0.25, 0.3) is 0 Å². The van der Waals surface area contributed by atoms with Crippen LogP contribution in [0.25, 0.3) is 0 Å². The van der Waals surface area contributed by atoms with E-state index in [2.05, 4.69) is 65.6 Å². The van der Waals surface area contributed by atoms with Crippen LogP contribution in [0.5, 0.6) is 0 Å². The van der Waals surface area contributed by atoms with Gasteiger partial charge >= 0.3 is 6.03 Å². The van der Waals surface area contributed by atoms with Crippen molar-refractivity contribution >= 4 is 28.7 Å². The SMILES string of the molecule is CCN1CCN(c2ccccc2NC(=O)N[C@H](c2cccs2)C(C)(C)C)CC1. The van der Waals surface area contributed by atoms with Gasteiger partial charge < -0.3 is 20.4 Å². The third-order valence-corrected chi connectivity index (χ3v) is 6.22. The number of hydrogen-bond donors (Lipinski definition) is 2. The summed E-state index contributed by atoms with van der Waals surface area (Å²) in [6.07, 6.45) is 0. The van der Waals surface area contributed by atoms with Crippen LogP contribution < -0.4 is 15.5 Å². The van der Waals surface area contributed by atoms with Crippen LogP contribution in [0, 0.1) is 5.41 Å². The number of likely N-dealkylation sites (N-methyl/N-ethyl adjacent to an activating group) is 1. The Kier molecular flexibility index (Phi) is 6.62. The summed E-state index contributed by atoms with van der Waals surface area (Å²) in [6.45, 7) is 13.8. The standard InChI is InChI=1S/C22H32N4OS/c1-5-25-12-14-26(15-13-25)18-10-7-6-9-17(18)23-21(27)24-20(22(2,3)4)19-11-8-16-28-19/h6-11,16,20H,5,12-15H2,1-4H3,(H2,23,24,27)/t20-/m1/s1. The van der Waals surface area contributed by atoms with E-state index < -0.39 is 0 Å². The maximum Gasteiger partial charge on any atom is 0.319 e. The third-order valence-electron chi connectivity index (χ3n) is 5.28. The molecule has 2 amide bonds. The number of rotatable bonds is 5. The zero-order valence-electron chi connectivity index (χ0n) is 17.4. The first-order valence-corrected chi connectivity index (χ1v) is 10.9. The smallest absolute Gasteiger partial charge is 0.319 e. The largest absolute Gasteiger partial charge is 0.367 e. The molecule has 0 unspecified atom stereocenters. The number of urea groups is 1. The molecule has 1 aromatic heterocycles. The van der Waals surface area contributed by atoms with Crippen molar-refractivity contribution in [3.63, 3.8) is 0 Å². The van der Waals surface area contributed by atoms with Crippen molar-refractivity contribution in [2.24, 2.45) is 5.41 Å². The van der Waals surface area contributed by atoms with E-state index in [0.29, 0.717) is 0 Å². The number of anilines is 2. The molecule has 0 bridgehead atoms. The first-order chi connectivity index (χ1) is 13.4. The number of nitrogens with one attached hydrogen (secondary N) is 2. The minimum atomic E-state index is -0.159. The van der Waals surface area contributed by atoms with E-state index in [9.17, 15) is 4.79 Å². The number of nitrogens with zero attached hydrogens (tertiary/aromatic N) is 2. The van der Waals surface area contributed by atoms with Crippen LogP contribution in [0.3, 0.4) is 0 Å². The molecule has 2 heterocycles. The van der Waals surface area contributed by atoms with E-state index in [-0.39, 0.29) is 17.5 Å². The molecule has 3 rings (SSSR count). The molecule has 5 nitrogen and oxygen atoms in total. The molecular formula is C22H32N4OS. The zero-order valence-corrected chi connectivity index (χ0v) is 18.2. The lowest BCUT2D eigenvalue weighted by atomic mass is 9.86. The van der Waals surface area contributed by atoms with Crippen molar-refractivity contribution < 1.29 is 4.79 Å². The number of piperazine rings is 1. The molecule has 0 radical (unpaired) electrons. The van der Waals surface area contributed by atoms with Crippen LogP contribution in [-0.4, -0.2) is 43.7 Å². The Hall–Kier alpha value is -2.05. The zero-order chi connectivity index (χ0) is 20.1. The summed E-state index contributed by atoms with van der Waals surface area (Å²) in [4.78, 5) is 18.8. The summed E-state index contributed by atoms with van der Waals surface area (Å²) >= 11 is 1.68. The van der Waals surface area contributed by atoms with Crippen LogP contribution >= 0.6 is 11.3 Å². The normalized spacial score (nSPS) is 16.6. The molecular weight excluding hydrogens is 368 g/mol. The van der Waals surface area contributed by atoms with Gasteiger partial charge in [-0.15, -0.1) is 11.3 Å². The first-order valence-electron chi connectivity index (χ1n) is 10.1. The van der Waals surface area contributed by atoms with Gasteiger partial charge in [-0.1, -0.05) is 45.9 Å². The van der Waals surface area contributed by atoms with Gasteiger partial charge in [-0.3, -0.25) is 0 Å². The molecule has 1 aliphatic rings. The number of carbonyl (C=O) groups is 1. The lowest BCUT2D eigenvalue weighted by molar-refractivity contribution is 0.230. The quantitative estimate of drug-likeness (QED) is 0.758. The second-order valence-corrected chi connectivity index (χ2v) is 9.33. The average molecular weight is 401 g/mol. The van der Waals surface area contributed by atoms with Gasteiger partial charge in [0.1, 0.15) is 0 Å². The highest BCUT2D eigenvalue weighted by atomic mass is 32.1. The van der Waals surface area contributed by atoms with Crippen molar-refractivity contribution in [1.29, 1.82) is 0 Å². The van der Waals surface area contributed by atoms with Gasteiger partial charge in [-0.2, -0.15) is 0 Å². The van der Waals surface area contributed by atoms with Crippen molar-refractivity contribution in [3.8, 4) is 0 Å². The topological polar surface area (TPSA) is 47.6 Å². The average Bonchev–Trinajstić information content (AvgIpc) is 3.20. The summed E-state index contributed by atoms with van der Waals surface area (Å²) in [7, 11) is 0. The number of thiophene rings is 1. The highest BCUT2D eigenvalue weighted by Crippen LogP contribution is 2.35. The monoisotopic (exact) mass is 400 g/mol. The van der Waals surface area contributed by atoms with E-state index in [4.69, 9.17) is 0 Å². The molecule has 6 heteroatoms. The molecule has 2 N–H and O–H groups in total. The second-order valence-electron chi connectivity index (χ2n) is 8.35. The van der Waals surface area contributed by atoms with Crippen LogP contribution in [0.4, 0.5) is 16.2 Å². The van der Waals surface area contributed by atoms with Crippen LogP contribution in [-0.2, 0) is 0 Å². The summed E-state index contributed by atoms with van der Waals surface area (Å²) in [5.74, 6) is 0. The fourth-order valence-corrected chi connectivity index (χ4v) is 4.64. The molecule has 1 aromatic carbocycles. The van der Waals surface area contributed by atoms with E-state index in [0.717, 1.165) is 44.1 Å². The number of para-hydroxylation sites is 2. The lowest BCUT2D eigenvalue weighted by Crippen LogP contribution is -2.46. The van der Waals surface area contributed by atoms with E-state index in [1.807, 2.05) is 24.3 Å². The molecule has 0 saturated carbocycles. The molecule has 2 aromatic rings. The van der Waals surface area contributed by atoms with Crippen LogP contribution in [0.15, 0.2) is 41.8 Å². The molecule has 1 atom stereocenters. The van der Waals surface area contributed by atoms with Crippen LogP contribution in [0.1, 0.15) is 38.6 Å². The molecule has 28 heavy (non-hydrogen) atoms. The Balaban J connectivity index is 1.70. The maximum absolute atomic E-state index is 12.9. The van der Waals surface area contributed by atoms with Gasteiger partial charge in [-0.25, -0.2) is 4.79 Å². The molecule has 0 spiro atoms. The van der Waals surface area contributed by atoms with Crippen molar-refractivity contribution in [1.82, 2.24) is 10.2 Å². The van der Waals surface area contributed by atoms with Crippen LogP contribution in [0.2, 0.25) is 0 Å². The first kappa shape index (κ1) is 20.7. The Morgan fingerprint density at radius 1 is 1.11 bits per heavy atom. The minimum absolute atomic E-state index is 0.0345. The highest BCUT2D eigenvalue weighted by molar-refractivity contribution is 7.10. The van der Waals surface area contributed by atoms with Gasteiger partial charge in [0.05, 0.1) is 17.4 Å². The fourth-order valence-electron chi connectivity index (χ4n) is 3.62. The number of benzene rings is 1. The maximum atomic E-state index is 12.9. The summed E-state index contributed by atoms with van der Waals surface area (Å²) in [5.41, 5.74) is 1.89. The predicted octanol–water partition coefficient (Wildman–Crippen LogP) is 4.80. The van der Waals surface area contributed by atoms with Crippen molar-refractivity contribution in [2.45, 2.75) is 33.7 Å². The van der Waals surface area contributed by atoms with Crippen molar-refractivity contribution in [2.75, 3.05) is 42.9 Å². The predicted molar refractivity (Wildman–Crippen MR) is 119 cm³/mol. The highest BCUT2D eigenvalue weighted by Gasteiger charge is 2.29. The Morgan fingerprint density at radius 3 is 2.43 bits per heavy atom. The van der Waals surface area contributed by atoms with E-state index in [1.165, 1.54) is 4.88 Å². The number of hydrogen-bond acceptors (Lipinski definition) is 4. The summed E-state index contributed by atoms with van der Waals surface area (Å²) in [6, 6.07) is 12.0. The fraction of sp³-hybridized carbons (Fsp3) is 0.500. The Bertz CT molecular complexity index is 761. The summed E-state index contributed by atoms with van der Waals surface area (Å²) < 4.78 is 0. The minimum Gasteiger partial charge on any atom is -0.367 e. The Morgan fingerprint density at radius 2 is 1.82 bits per heavy atom. The molecule has 1 fully saturated rings. The third kappa shape index (κ3) is 5.06.